The molecule has 0 bridgehead atoms. The third-order valence-electron chi connectivity index (χ3n) is 2.92. The molecule has 0 unspecified atom stereocenters. The summed E-state index contributed by atoms with van der Waals surface area (Å²) in [5, 5.41) is 6.21. The van der Waals surface area contributed by atoms with Crippen LogP contribution in [0.4, 0.5) is 0 Å². The predicted molar refractivity (Wildman–Crippen MR) is 75.6 cm³/mol. The third kappa shape index (κ3) is 5.82. The summed E-state index contributed by atoms with van der Waals surface area (Å²) in [7, 11) is 0. The summed E-state index contributed by atoms with van der Waals surface area (Å²) in [6, 6.07) is 8.67. The highest BCUT2D eigenvalue weighted by Crippen LogP contribution is 2.05. The van der Waals surface area contributed by atoms with Gasteiger partial charge in [0.25, 0.3) is 0 Å². The molecule has 0 aliphatic rings. The number of carbonyl (C=O) groups is 1. The molecule has 0 saturated heterocycles. The van der Waals surface area contributed by atoms with Crippen molar-refractivity contribution in [3.63, 3.8) is 0 Å². The van der Waals surface area contributed by atoms with Crippen LogP contribution in [0.3, 0.4) is 0 Å². The Hall–Kier alpha value is -1.35. The lowest BCUT2D eigenvalue weighted by atomic mass is 10.1. The Bertz CT molecular complexity index is 359. The Kier molecular flexibility index (Phi) is 6.44. The summed E-state index contributed by atoms with van der Waals surface area (Å²) in [6.07, 6.45) is 1.36. The maximum Gasteiger partial charge on any atom is 0.220 e. The quantitative estimate of drug-likeness (QED) is 0.775. The molecule has 1 aromatic carbocycles. The standard InChI is InChI=1S/C15H24N2O/c1-4-16-13(3)11-17-15(18)10-9-14-7-5-12(2)6-8-14/h5-8,13,16H,4,9-11H2,1-3H3,(H,17,18)/t13-/m1/s1. The molecular formula is C15H24N2O. The van der Waals surface area contributed by atoms with Crippen molar-refractivity contribution in [3.05, 3.63) is 35.4 Å². The van der Waals surface area contributed by atoms with Crippen LogP contribution in [0.5, 0.6) is 0 Å². The van der Waals surface area contributed by atoms with Gasteiger partial charge in [0.05, 0.1) is 0 Å². The molecule has 0 radical (unpaired) electrons. The van der Waals surface area contributed by atoms with Crippen LogP contribution >= 0.6 is 0 Å². The van der Waals surface area contributed by atoms with Crippen LogP contribution in [0.15, 0.2) is 24.3 Å². The Balaban J connectivity index is 2.22. The van der Waals surface area contributed by atoms with Crippen molar-refractivity contribution in [1.82, 2.24) is 10.6 Å². The molecule has 0 spiro atoms. The van der Waals surface area contributed by atoms with Gasteiger partial charge in [0.15, 0.2) is 0 Å². The average molecular weight is 248 g/mol. The first kappa shape index (κ1) is 14.7. The molecule has 1 rings (SSSR count). The lowest BCUT2D eigenvalue weighted by Crippen LogP contribution is -2.38. The first-order valence-corrected chi connectivity index (χ1v) is 6.67. The summed E-state index contributed by atoms with van der Waals surface area (Å²) in [6.45, 7) is 7.83. The van der Waals surface area contributed by atoms with E-state index in [4.69, 9.17) is 0 Å². The minimum atomic E-state index is 0.125. The molecule has 0 saturated carbocycles. The molecule has 3 nitrogen and oxygen atoms in total. The van der Waals surface area contributed by atoms with E-state index in [-0.39, 0.29) is 5.91 Å². The second kappa shape index (κ2) is 7.88. The van der Waals surface area contributed by atoms with Crippen molar-refractivity contribution in [2.24, 2.45) is 0 Å². The topological polar surface area (TPSA) is 41.1 Å². The summed E-state index contributed by atoms with van der Waals surface area (Å²) in [5.41, 5.74) is 2.47. The van der Waals surface area contributed by atoms with Gasteiger partial charge in [-0.1, -0.05) is 36.8 Å². The second-order valence-corrected chi connectivity index (χ2v) is 4.75. The van der Waals surface area contributed by atoms with Gasteiger partial charge in [-0.2, -0.15) is 0 Å². The molecule has 0 fully saturated rings. The van der Waals surface area contributed by atoms with Gasteiger partial charge in [0.1, 0.15) is 0 Å². The van der Waals surface area contributed by atoms with Gasteiger partial charge in [-0.25, -0.2) is 0 Å². The van der Waals surface area contributed by atoms with Crippen molar-refractivity contribution in [3.8, 4) is 0 Å². The highest BCUT2D eigenvalue weighted by atomic mass is 16.1. The number of likely N-dealkylation sites (N-methyl/N-ethyl adjacent to an activating group) is 1. The van der Waals surface area contributed by atoms with Crippen molar-refractivity contribution in [1.29, 1.82) is 0 Å². The smallest absolute Gasteiger partial charge is 0.220 e. The molecule has 0 aromatic heterocycles. The second-order valence-electron chi connectivity index (χ2n) is 4.75. The Morgan fingerprint density at radius 2 is 1.94 bits per heavy atom. The van der Waals surface area contributed by atoms with Crippen LogP contribution in [0.1, 0.15) is 31.4 Å². The first-order valence-electron chi connectivity index (χ1n) is 6.67. The van der Waals surface area contributed by atoms with Gasteiger partial charge >= 0.3 is 0 Å². The molecule has 1 atom stereocenters. The van der Waals surface area contributed by atoms with Crippen LogP contribution in [-0.4, -0.2) is 25.0 Å². The largest absolute Gasteiger partial charge is 0.355 e. The summed E-state index contributed by atoms with van der Waals surface area (Å²) in [4.78, 5) is 11.7. The van der Waals surface area contributed by atoms with E-state index in [1.165, 1.54) is 11.1 Å². The zero-order valence-electron chi connectivity index (χ0n) is 11.6. The van der Waals surface area contributed by atoms with Crippen LogP contribution in [0.2, 0.25) is 0 Å². The zero-order valence-corrected chi connectivity index (χ0v) is 11.6. The maximum absolute atomic E-state index is 11.7. The van der Waals surface area contributed by atoms with Crippen LogP contribution in [0, 0.1) is 6.92 Å². The Morgan fingerprint density at radius 3 is 2.56 bits per heavy atom. The normalized spacial score (nSPS) is 12.2. The highest BCUT2D eigenvalue weighted by Gasteiger charge is 2.04. The van der Waals surface area contributed by atoms with Crippen LogP contribution in [0.25, 0.3) is 0 Å². The number of benzene rings is 1. The van der Waals surface area contributed by atoms with E-state index in [1.54, 1.807) is 0 Å². The minimum absolute atomic E-state index is 0.125. The predicted octanol–water partition coefficient (Wildman–Crippen LogP) is 2.04. The molecule has 3 heteroatoms. The molecule has 1 amide bonds. The lowest BCUT2D eigenvalue weighted by molar-refractivity contribution is -0.121. The van der Waals surface area contributed by atoms with Crippen molar-refractivity contribution >= 4 is 5.91 Å². The van der Waals surface area contributed by atoms with Crippen molar-refractivity contribution < 1.29 is 4.79 Å². The van der Waals surface area contributed by atoms with Gasteiger partial charge in [-0.3, -0.25) is 4.79 Å². The van der Waals surface area contributed by atoms with Gasteiger partial charge in [0.2, 0.25) is 5.91 Å². The fourth-order valence-corrected chi connectivity index (χ4v) is 1.79. The minimum Gasteiger partial charge on any atom is -0.355 e. The molecule has 18 heavy (non-hydrogen) atoms. The SMILES string of the molecule is CCN[C@H](C)CNC(=O)CCc1ccc(C)cc1. The molecule has 1 aromatic rings. The number of hydrogen-bond donors (Lipinski definition) is 2. The summed E-state index contributed by atoms with van der Waals surface area (Å²) in [5.74, 6) is 0.125. The number of carbonyl (C=O) groups excluding carboxylic acids is 1. The molecule has 100 valence electrons. The number of aryl methyl sites for hydroxylation is 2. The number of rotatable bonds is 7. The zero-order chi connectivity index (χ0) is 13.4. The maximum atomic E-state index is 11.7. The van der Waals surface area contributed by atoms with Crippen molar-refractivity contribution in [2.45, 2.75) is 39.7 Å². The molecule has 0 aliphatic carbocycles. The number of nitrogens with one attached hydrogen (secondary N) is 2. The third-order valence-corrected chi connectivity index (χ3v) is 2.92. The van der Waals surface area contributed by atoms with E-state index in [0.717, 1.165) is 13.0 Å². The fourth-order valence-electron chi connectivity index (χ4n) is 1.79. The molecular weight excluding hydrogens is 224 g/mol. The van der Waals surface area contributed by atoms with Crippen molar-refractivity contribution in [2.75, 3.05) is 13.1 Å². The Labute approximate surface area is 110 Å². The molecule has 0 heterocycles. The van der Waals surface area contributed by atoms with Crippen LogP contribution < -0.4 is 10.6 Å². The number of amides is 1. The fraction of sp³-hybridized carbons (Fsp3) is 0.533. The summed E-state index contributed by atoms with van der Waals surface area (Å²) < 4.78 is 0. The van der Waals surface area contributed by atoms with E-state index in [0.29, 0.717) is 19.0 Å². The lowest BCUT2D eigenvalue weighted by Gasteiger charge is -2.13. The van der Waals surface area contributed by atoms with E-state index in [2.05, 4.69) is 55.7 Å². The van der Waals surface area contributed by atoms with Gasteiger partial charge in [0, 0.05) is 19.0 Å². The van der Waals surface area contributed by atoms with Gasteiger partial charge in [-0.15, -0.1) is 0 Å². The van der Waals surface area contributed by atoms with E-state index < -0.39 is 0 Å². The summed E-state index contributed by atoms with van der Waals surface area (Å²) >= 11 is 0. The average Bonchev–Trinajstić information content (AvgIpc) is 2.36. The number of hydrogen-bond acceptors (Lipinski definition) is 2. The van der Waals surface area contributed by atoms with Crippen LogP contribution in [-0.2, 0) is 11.2 Å². The van der Waals surface area contributed by atoms with E-state index in [9.17, 15) is 4.79 Å². The van der Waals surface area contributed by atoms with E-state index >= 15 is 0 Å². The Morgan fingerprint density at radius 1 is 1.28 bits per heavy atom. The highest BCUT2D eigenvalue weighted by molar-refractivity contribution is 5.76. The molecule has 2 N–H and O–H groups in total. The first-order chi connectivity index (χ1) is 8.61. The van der Waals surface area contributed by atoms with Gasteiger partial charge in [-0.05, 0) is 32.4 Å². The monoisotopic (exact) mass is 248 g/mol. The van der Waals surface area contributed by atoms with Gasteiger partial charge < -0.3 is 10.6 Å². The van der Waals surface area contributed by atoms with E-state index in [1.807, 2.05) is 0 Å². The molecule has 0 aliphatic heterocycles.